The highest BCUT2D eigenvalue weighted by Crippen LogP contribution is 2.40. The predicted molar refractivity (Wildman–Crippen MR) is 92.0 cm³/mol. The maximum Gasteiger partial charge on any atom is 0.412 e. The molecule has 2 aromatic rings. The van der Waals surface area contributed by atoms with Crippen molar-refractivity contribution in [2.24, 2.45) is 0 Å². The molecule has 4 rings (SSSR count). The van der Waals surface area contributed by atoms with Crippen LogP contribution in [0.4, 0.5) is 4.79 Å². The SMILES string of the molecule is O=C1OC2OC(CO)(c3ccccc3)C(=O)CC2N1Cc1ccccc1. The van der Waals surface area contributed by atoms with Crippen LogP contribution in [0, 0.1) is 0 Å². The van der Waals surface area contributed by atoms with Crippen molar-refractivity contribution in [1.82, 2.24) is 4.90 Å². The number of nitrogens with zero attached hydrogens (tertiary/aromatic N) is 1. The minimum Gasteiger partial charge on any atom is -0.417 e. The van der Waals surface area contributed by atoms with E-state index in [0.29, 0.717) is 12.1 Å². The van der Waals surface area contributed by atoms with Crippen molar-refractivity contribution < 1.29 is 24.2 Å². The molecule has 2 aliphatic heterocycles. The molecular weight excluding hydrogens is 334 g/mol. The van der Waals surface area contributed by atoms with Gasteiger partial charge in [0.2, 0.25) is 6.29 Å². The third-order valence-electron chi connectivity index (χ3n) is 4.99. The van der Waals surface area contributed by atoms with Gasteiger partial charge in [0.25, 0.3) is 0 Å². The van der Waals surface area contributed by atoms with Crippen molar-refractivity contribution in [2.45, 2.75) is 30.9 Å². The number of amides is 1. The second kappa shape index (κ2) is 6.55. The van der Waals surface area contributed by atoms with Gasteiger partial charge in [-0.25, -0.2) is 4.79 Å². The van der Waals surface area contributed by atoms with Crippen molar-refractivity contribution in [1.29, 1.82) is 0 Å². The summed E-state index contributed by atoms with van der Waals surface area (Å²) in [6.45, 7) is -0.162. The molecule has 2 aliphatic rings. The van der Waals surface area contributed by atoms with Gasteiger partial charge in [-0.05, 0) is 11.1 Å². The highest BCUT2D eigenvalue weighted by Gasteiger charge is 2.56. The number of carbonyl (C=O) groups is 2. The van der Waals surface area contributed by atoms with Gasteiger partial charge in [0.15, 0.2) is 11.4 Å². The van der Waals surface area contributed by atoms with E-state index in [9.17, 15) is 14.7 Å². The largest absolute Gasteiger partial charge is 0.417 e. The normalized spacial score (nSPS) is 28.0. The van der Waals surface area contributed by atoms with E-state index in [1.807, 2.05) is 36.4 Å². The first kappa shape index (κ1) is 16.8. The average Bonchev–Trinajstić information content (AvgIpc) is 2.97. The Morgan fingerprint density at radius 1 is 1.04 bits per heavy atom. The van der Waals surface area contributed by atoms with Gasteiger partial charge in [-0.2, -0.15) is 0 Å². The van der Waals surface area contributed by atoms with E-state index in [-0.39, 0.29) is 12.2 Å². The van der Waals surface area contributed by atoms with E-state index in [1.165, 1.54) is 4.90 Å². The summed E-state index contributed by atoms with van der Waals surface area (Å²) in [4.78, 5) is 26.8. The zero-order valence-corrected chi connectivity index (χ0v) is 14.1. The number of aliphatic hydroxyl groups is 1. The highest BCUT2D eigenvalue weighted by molar-refractivity contribution is 5.91. The molecule has 0 aliphatic carbocycles. The number of rotatable bonds is 4. The molecule has 6 nitrogen and oxygen atoms in total. The standard InChI is InChI=1S/C20H19NO5/c22-13-20(15-9-5-2-6-10-15)17(23)11-16-18(26-20)25-19(24)21(16)12-14-7-3-1-4-8-14/h1-10,16,18,22H,11-13H2. The minimum atomic E-state index is -1.49. The first-order valence-corrected chi connectivity index (χ1v) is 8.53. The molecule has 0 bridgehead atoms. The molecule has 1 amide bonds. The van der Waals surface area contributed by atoms with Crippen LogP contribution in [0.25, 0.3) is 0 Å². The van der Waals surface area contributed by atoms with Crippen molar-refractivity contribution >= 4 is 11.9 Å². The number of hydrogen-bond donors (Lipinski definition) is 1. The van der Waals surface area contributed by atoms with Crippen molar-refractivity contribution in [2.75, 3.05) is 6.61 Å². The molecule has 26 heavy (non-hydrogen) atoms. The summed E-state index contributed by atoms with van der Waals surface area (Å²) in [5.41, 5.74) is 0.00830. The van der Waals surface area contributed by atoms with Crippen LogP contribution in [-0.2, 0) is 26.4 Å². The van der Waals surface area contributed by atoms with Crippen molar-refractivity contribution in [3.63, 3.8) is 0 Å². The quantitative estimate of drug-likeness (QED) is 0.912. The number of carbonyl (C=O) groups excluding carboxylic acids is 2. The number of ketones is 1. The van der Waals surface area contributed by atoms with E-state index in [2.05, 4.69) is 0 Å². The van der Waals surface area contributed by atoms with Crippen molar-refractivity contribution in [3.05, 3.63) is 71.8 Å². The lowest BCUT2D eigenvalue weighted by Gasteiger charge is -2.40. The van der Waals surface area contributed by atoms with E-state index in [0.717, 1.165) is 5.56 Å². The van der Waals surface area contributed by atoms with E-state index >= 15 is 0 Å². The average molecular weight is 353 g/mol. The van der Waals surface area contributed by atoms with Crippen LogP contribution in [0.1, 0.15) is 17.5 Å². The Morgan fingerprint density at radius 3 is 2.35 bits per heavy atom. The topological polar surface area (TPSA) is 76.1 Å². The molecule has 0 radical (unpaired) electrons. The second-order valence-corrected chi connectivity index (χ2v) is 6.53. The first-order chi connectivity index (χ1) is 12.6. The molecule has 2 saturated heterocycles. The summed E-state index contributed by atoms with van der Waals surface area (Å²) in [7, 11) is 0. The fraction of sp³-hybridized carbons (Fsp3) is 0.300. The Hall–Kier alpha value is -2.70. The van der Waals surface area contributed by atoms with Crippen LogP contribution in [0.3, 0.4) is 0 Å². The summed E-state index contributed by atoms with van der Waals surface area (Å²) in [5.74, 6) is -0.260. The molecule has 0 spiro atoms. The minimum absolute atomic E-state index is 0.0681. The van der Waals surface area contributed by atoms with Crippen LogP contribution in [0.15, 0.2) is 60.7 Å². The van der Waals surface area contributed by atoms with Gasteiger partial charge < -0.3 is 14.6 Å². The Bertz CT molecular complexity index is 809. The van der Waals surface area contributed by atoms with Crippen molar-refractivity contribution in [3.8, 4) is 0 Å². The Kier molecular flexibility index (Phi) is 4.22. The number of ether oxygens (including phenoxy) is 2. The van der Waals surface area contributed by atoms with E-state index in [1.54, 1.807) is 24.3 Å². The van der Waals surface area contributed by atoms with Gasteiger partial charge >= 0.3 is 6.09 Å². The van der Waals surface area contributed by atoms with Gasteiger partial charge in [-0.3, -0.25) is 9.69 Å². The number of fused-ring (bicyclic) bond motifs is 1. The van der Waals surface area contributed by atoms with Gasteiger partial charge in [0, 0.05) is 13.0 Å². The molecule has 1 N–H and O–H groups in total. The number of Topliss-reactive ketones (excluding diaryl/α,β-unsaturated/α-hetero) is 1. The second-order valence-electron chi connectivity index (χ2n) is 6.53. The summed E-state index contributed by atoms with van der Waals surface area (Å²) in [6.07, 6.45) is -1.34. The fourth-order valence-corrected chi connectivity index (χ4v) is 3.57. The Labute approximate surface area is 151 Å². The third kappa shape index (κ3) is 2.67. The number of benzene rings is 2. The maximum absolute atomic E-state index is 12.9. The lowest BCUT2D eigenvalue weighted by molar-refractivity contribution is -0.220. The van der Waals surface area contributed by atoms with Crippen LogP contribution >= 0.6 is 0 Å². The van der Waals surface area contributed by atoms with Gasteiger partial charge in [0.05, 0.1) is 6.61 Å². The Balaban J connectivity index is 1.61. The molecule has 134 valence electrons. The van der Waals surface area contributed by atoms with Gasteiger partial charge in [-0.1, -0.05) is 60.7 Å². The lowest BCUT2D eigenvalue weighted by atomic mass is 9.84. The fourth-order valence-electron chi connectivity index (χ4n) is 3.57. The Morgan fingerprint density at radius 2 is 1.69 bits per heavy atom. The summed E-state index contributed by atoms with van der Waals surface area (Å²) in [6, 6.07) is 17.8. The summed E-state index contributed by atoms with van der Waals surface area (Å²) < 4.78 is 11.3. The third-order valence-corrected chi connectivity index (χ3v) is 4.99. The predicted octanol–water partition coefficient (Wildman–Crippen LogP) is 2.21. The summed E-state index contributed by atoms with van der Waals surface area (Å²) in [5, 5.41) is 9.95. The zero-order chi connectivity index (χ0) is 18.1. The monoisotopic (exact) mass is 353 g/mol. The molecule has 3 atom stereocenters. The van der Waals surface area contributed by atoms with Gasteiger partial charge in [-0.15, -0.1) is 0 Å². The van der Waals surface area contributed by atoms with Crippen LogP contribution < -0.4 is 0 Å². The van der Waals surface area contributed by atoms with Crippen LogP contribution in [0.2, 0.25) is 0 Å². The molecule has 0 saturated carbocycles. The summed E-state index contributed by atoms with van der Waals surface area (Å²) >= 11 is 0. The van der Waals surface area contributed by atoms with Crippen LogP contribution in [-0.4, -0.2) is 40.8 Å². The molecule has 2 fully saturated rings. The lowest BCUT2D eigenvalue weighted by Crippen LogP contribution is -2.55. The van der Waals surface area contributed by atoms with E-state index < -0.39 is 30.6 Å². The van der Waals surface area contributed by atoms with E-state index in [4.69, 9.17) is 9.47 Å². The molecule has 3 unspecified atom stereocenters. The molecular formula is C20H19NO5. The van der Waals surface area contributed by atoms with Gasteiger partial charge in [0.1, 0.15) is 6.04 Å². The smallest absolute Gasteiger partial charge is 0.412 e. The number of aliphatic hydroxyl groups excluding tert-OH is 1. The first-order valence-electron chi connectivity index (χ1n) is 8.53. The molecule has 2 aromatic carbocycles. The maximum atomic E-state index is 12.9. The molecule has 0 aromatic heterocycles. The zero-order valence-electron chi connectivity index (χ0n) is 14.1. The number of hydrogen-bond acceptors (Lipinski definition) is 5. The molecule has 2 heterocycles. The van der Waals surface area contributed by atoms with Crippen LogP contribution in [0.5, 0.6) is 0 Å². The molecule has 6 heteroatoms. The highest BCUT2D eigenvalue weighted by atomic mass is 16.7.